The first kappa shape index (κ1) is 13.3. The Hall–Kier alpha value is -1.16. The van der Waals surface area contributed by atoms with Gasteiger partial charge >= 0.3 is 0 Å². The first-order valence-corrected chi connectivity index (χ1v) is 7.53. The van der Waals surface area contributed by atoms with Crippen molar-refractivity contribution < 1.29 is 4.79 Å². The number of thioether (sulfide) groups is 1. The van der Waals surface area contributed by atoms with E-state index in [1.165, 1.54) is 19.3 Å². The maximum Gasteiger partial charge on any atom is 0.253 e. The summed E-state index contributed by atoms with van der Waals surface area (Å²) in [5.74, 6) is 0.0141. The number of rotatable bonds is 5. The highest BCUT2D eigenvalue weighted by Crippen LogP contribution is 2.42. The van der Waals surface area contributed by atoms with Crippen LogP contribution in [0.5, 0.6) is 0 Å². The number of para-hydroxylation sites is 1. The van der Waals surface area contributed by atoms with Crippen LogP contribution in [0, 0.1) is 0 Å². The molecule has 0 aliphatic heterocycles. The minimum absolute atomic E-state index is 0.0141. The lowest BCUT2D eigenvalue weighted by atomic mass is 9.84. The minimum atomic E-state index is 0.0141. The van der Waals surface area contributed by atoms with Gasteiger partial charge in [0.15, 0.2) is 0 Å². The van der Waals surface area contributed by atoms with Gasteiger partial charge in [-0.3, -0.25) is 4.79 Å². The number of hydrogen-bond acceptors (Lipinski definition) is 3. The second-order valence-corrected chi connectivity index (χ2v) is 5.99. The van der Waals surface area contributed by atoms with Gasteiger partial charge in [0, 0.05) is 24.0 Å². The van der Waals surface area contributed by atoms with Crippen LogP contribution in [0.1, 0.15) is 29.6 Å². The molecule has 0 heterocycles. The Morgan fingerprint density at radius 2 is 2.11 bits per heavy atom. The van der Waals surface area contributed by atoms with E-state index in [-0.39, 0.29) is 10.7 Å². The lowest BCUT2D eigenvalue weighted by Crippen LogP contribution is -2.45. The summed E-state index contributed by atoms with van der Waals surface area (Å²) in [5.41, 5.74) is 1.59. The molecule has 2 N–H and O–H groups in total. The molecule has 4 heteroatoms. The second kappa shape index (κ2) is 5.65. The molecule has 0 radical (unpaired) electrons. The van der Waals surface area contributed by atoms with E-state index >= 15 is 0 Å². The summed E-state index contributed by atoms with van der Waals surface area (Å²) in [5, 5.41) is 6.12. The highest BCUT2D eigenvalue weighted by Gasteiger charge is 2.36. The Kier molecular flexibility index (Phi) is 4.17. The normalized spacial score (nSPS) is 16.8. The second-order valence-electron chi connectivity index (χ2n) is 4.72. The number of carbonyl (C=O) groups is 1. The summed E-state index contributed by atoms with van der Waals surface area (Å²) < 4.78 is 0.282. The summed E-state index contributed by atoms with van der Waals surface area (Å²) in [7, 11) is 1.83. The van der Waals surface area contributed by atoms with Crippen LogP contribution in [-0.4, -0.2) is 30.5 Å². The van der Waals surface area contributed by atoms with Crippen molar-refractivity contribution in [3.63, 3.8) is 0 Å². The molecule has 1 aliphatic rings. The fourth-order valence-corrected chi connectivity index (χ4v) is 3.17. The topological polar surface area (TPSA) is 41.1 Å². The van der Waals surface area contributed by atoms with Gasteiger partial charge in [-0.1, -0.05) is 18.6 Å². The van der Waals surface area contributed by atoms with Gasteiger partial charge in [-0.15, -0.1) is 0 Å². The van der Waals surface area contributed by atoms with Crippen LogP contribution in [0.2, 0.25) is 0 Å². The van der Waals surface area contributed by atoms with Crippen molar-refractivity contribution in [2.24, 2.45) is 0 Å². The SMILES string of the molecule is CNc1ccccc1C(=O)NCC1(SC)CCC1. The van der Waals surface area contributed by atoms with E-state index in [0.717, 1.165) is 17.8 Å². The van der Waals surface area contributed by atoms with Gasteiger partial charge < -0.3 is 10.6 Å². The summed E-state index contributed by atoms with van der Waals surface area (Å²) in [6, 6.07) is 7.59. The molecule has 18 heavy (non-hydrogen) atoms. The van der Waals surface area contributed by atoms with Gasteiger partial charge in [-0.05, 0) is 31.2 Å². The van der Waals surface area contributed by atoms with Crippen LogP contribution in [0.15, 0.2) is 24.3 Å². The van der Waals surface area contributed by atoms with Crippen LogP contribution >= 0.6 is 11.8 Å². The first-order valence-electron chi connectivity index (χ1n) is 6.31. The van der Waals surface area contributed by atoms with Gasteiger partial charge in [0.2, 0.25) is 0 Å². The van der Waals surface area contributed by atoms with Crippen LogP contribution in [0.3, 0.4) is 0 Å². The van der Waals surface area contributed by atoms with Crippen molar-refractivity contribution in [3.8, 4) is 0 Å². The predicted molar refractivity (Wildman–Crippen MR) is 78.4 cm³/mol. The van der Waals surface area contributed by atoms with E-state index in [1.807, 2.05) is 43.1 Å². The van der Waals surface area contributed by atoms with Crippen LogP contribution < -0.4 is 10.6 Å². The first-order chi connectivity index (χ1) is 8.71. The zero-order valence-corrected chi connectivity index (χ0v) is 11.8. The minimum Gasteiger partial charge on any atom is -0.387 e. The van der Waals surface area contributed by atoms with Crippen molar-refractivity contribution in [1.82, 2.24) is 5.32 Å². The fraction of sp³-hybridized carbons (Fsp3) is 0.500. The molecule has 0 saturated heterocycles. The zero-order valence-electron chi connectivity index (χ0n) is 11.0. The summed E-state index contributed by atoms with van der Waals surface area (Å²) in [6.45, 7) is 0.769. The summed E-state index contributed by atoms with van der Waals surface area (Å²) in [6.07, 6.45) is 5.83. The van der Waals surface area contributed by atoms with E-state index in [2.05, 4.69) is 16.9 Å². The predicted octanol–water partition coefficient (Wildman–Crippen LogP) is 2.74. The largest absolute Gasteiger partial charge is 0.387 e. The molecular formula is C14H20N2OS. The smallest absolute Gasteiger partial charge is 0.253 e. The van der Waals surface area contributed by atoms with Crippen molar-refractivity contribution >= 4 is 23.4 Å². The molecular weight excluding hydrogens is 244 g/mol. The van der Waals surface area contributed by atoms with E-state index in [1.54, 1.807) is 0 Å². The molecule has 1 aromatic carbocycles. The number of anilines is 1. The highest BCUT2D eigenvalue weighted by atomic mass is 32.2. The Balaban J connectivity index is 1.99. The standard InChI is InChI=1S/C14H20N2OS/c1-15-12-7-4-3-6-11(12)13(17)16-10-14(18-2)8-5-9-14/h3-4,6-7,15H,5,8-10H2,1-2H3,(H,16,17). The number of benzene rings is 1. The molecule has 0 aromatic heterocycles. The lowest BCUT2D eigenvalue weighted by molar-refractivity contribution is 0.0944. The maximum atomic E-state index is 12.2. The maximum absolute atomic E-state index is 12.2. The molecule has 3 nitrogen and oxygen atoms in total. The summed E-state index contributed by atoms with van der Waals surface area (Å²) >= 11 is 1.88. The molecule has 2 rings (SSSR count). The van der Waals surface area contributed by atoms with Crippen molar-refractivity contribution in [3.05, 3.63) is 29.8 Å². The Morgan fingerprint density at radius 1 is 1.39 bits per heavy atom. The molecule has 1 saturated carbocycles. The molecule has 0 spiro atoms. The van der Waals surface area contributed by atoms with Crippen molar-refractivity contribution in [2.45, 2.75) is 24.0 Å². The van der Waals surface area contributed by atoms with Gasteiger partial charge in [0.05, 0.1) is 5.56 Å². The van der Waals surface area contributed by atoms with Crippen LogP contribution in [0.25, 0.3) is 0 Å². The van der Waals surface area contributed by atoms with Gasteiger partial charge in [0.1, 0.15) is 0 Å². The lowest BCUT2D eigenvalue weighted by Gasteiger charge is -2.40. The van der Waals surface area contributed by atoms with Crippen molar-refractivity contribution in [1.29, 1.82) is 0 Å². The van der Waals surface area contributed by atoms with E-state index in [9.17, 15) is 4.79 Å². The average molecular weight is 264 g/mol. The third kappa shape index (κ3) is 2.64. The fourth-order valence-electron chi connectivity index (χ4n) is 2.26. The molecule has 1 aromatic rings. The van der Waals surface area contributed by atoms with Gasteiger partial charge in [-0.25, -0.2) is 0 Å². The molecule has 0 atom stereocenters. The molecule has 1 fully saturated rings. The number of amides is 1. The average Bonchev–Trinajstić information content (AvgIpc) is 2.37. The zero-order chi connectivity index (χ0) is 13.0. The third-order valence-corrected chi connectivity index (χ3v) is 5.13. The Labute approximate surface area is 113 Å². The number of hydrogen-bond donors (Lipinski definition) is 2. The summed E-state index contributed by atoms with van der Waals surface area (Å²) in [4.78, 5) is 12.2. The van der Waals surface area contributed by atoms with Gasteiger partial charge in [-0.2, -0.15) is 11.8 Å². The Morgan fingerprint density at radius 3 is 2.67 bits per heavy atom. The Bertz CT molecular complexity index is 424. The molecule has 1 aliphatic carbocycles. The van der Waals surface area contributed by atoms with Gasteiger partial charge in [0.25, 0.3) is 5.91 Å². The van der Waals surface area contributed by atoms with E-state index < -0.39 is 0 Å². The van der Waals surface area contributed by atoms with E-state index in [4.69, 9.17) is 0 Å². The van der Waals surface area contributed by atoms with Crippen LogP contribution in [0.4, 0.5) is 5.69 Å². The van der Waals surface area contributed by atoms with E-state index in [0.29, 0.717) is 0 Å². The molecule has 1 amide bonds. The quantitative estimate of drug-likeness (QED) is 0.859. The monoisotopic (exact) mass is 264 g/mol. The van der Waals surface area contributed by atoms with Crippen LogP contribution in [-0.2, 0) is 0 Å². The molecule has 0 unspecified atom stereocenters. The third-order valence-electron chi connectivity index (χ3n) is 3.71. The highest BCUT2D eigenvalue weighted by molar-refractivity contribution is 8.00. The molecule has 98 valence electrons. The number of nitrogens with one attached hydrogen (secondary N) is 2. The van der Waals surface area contributed by atoms with Crippen molar-refractivity contribution in [2.75, 3.05) is 25.2 Å². The molecule has 0 bridgehead atoms. The number of carbonyl (C=O) groups excluding carboxylic acids is 1.